The van der Waals surface area contributed by atoms with Gasteiger partial charge in [0.1, 0.15) is 11.1 Å². The van der Waals surface area contributed by atoms with E-state index in [0.29, 0.717) is 24.2 Å². The van der Waals surface area contributed by atoms with Crippen LogP contribution in [-0.4, -0.2) is 38.0 Å². The molecule has 0 saturated carbocycles. The lowest BCUT2D eigenvalue weighted by atomic mass is 10.1. The lowest BCUT2D eigenvalue weighted by Gasteiger charge is -2.17. The van der Waals surface area contributed by atoms with Crippen LogP contribution in [-0.2, 0) is 0 Å². The average Bonchev–Trinajstić information content (AvgIpc) is 2.44. The number of carbonyl (C=O) groups excluding carboxylic acids is 1. The fourth-order valence-electron chi connectivity index (χ4n) is 2.12. The fourth-order valence-corrected chi connectivity index (χ4v) is 2.12. The van der Waals surface area contributed by atoms with Crippen molar-refractivity contribution in [3.8, 4) is 0 Å². The van der Waals surface area contributed by atoms with Gasteiger partial charge in [0.05, 0.1) is 0 Å². The molecule has 1 aromatic heterocycles. The first kappa shape index (κ1) is 14.3. The maximum absolute atomic E-state index is 12.4. The topological polar surface area (TPSA) is 62.6 Å². The highest BCUT2D eigenvalue weighted by Gasteiger charge is 2.21. The van der Waals surface area contributed by atoms with Gasteiger partial charge in [0.25, 0.3) is 5.91 Å². The lowest BCUT2D eigenvalue weighted by molar-refractivity contribution is 0.0792. The fraction of sp³-hybridized carbons (Fsp3) is 0.333. The number of para-hydroxylation sites is 1. The maximum atomic E-state index is 12.4. The minimum Gasteiger partial charge on any atom is -0.422 e. The monoisotopic (exact) mass is 274 g/mol. The molecule has 0 unspecified atom stereocenters. The molecule has 5 heteroatoms. The molecule has 5 nitrogen and oxygen atoms in total. The third-order valence-electron chi connectivity index (χ3n) is 3.33. The SMILES string of the molecule is CNCCN(C)C(=O)c1c(C)c2ccccc2oc1=O. The standard InChI is InChI=1S/C15H18N2O3/c1-10-11-6-4-5-7-12(11)20-15(19)13(10)14(18)17(3)9-8-16-2/h4-7,16H,8-9H2,1-3H3. The number of nitrogens with one attached hydrogen (secondary N) is 1. The Balaban J connectivity index is 2.49. The van der Waals surface area contributed by atoms with Gasteiger partial charge in [-0.2, -0.15) is 0 Å². The van der Waals surface area contributed by atoms with Crippen LogP contribution in [0.15, 0.2) is 33.5 Å². The summed E-state index contributed by atoms with van der Waals surface area (Å²) >= 11 is 0. The van der Waals surface area contributed by atoms with Gasteiger partial charge >= 0.3 is 5.63 Å². The molecule has 1 amide bonds. The van der Waals surface area contributed by atoms with Crippen LogP contribution in [0.1, 0.15) is 15.9 Å². The maximum Gasteiger partial charge on any atom is 0.349 e. The summed E-state index contributed by atoms with van der Waals surface area (Å²) in [7, 11) is 3.49. The van der Waals surface area contributed by atoms with Crippen molar-refractivity contribution in [1.82, 2.24) is 10.2 Å². The third-order valence-corrected chi connectivity index (χ3v) is 3.33. The zero-order chi connectivity index (χ0) is 14.7. The van der Waals surface area contributed by atoms with E-state index in [9.17, 15) is 9.59 Å². The summed E-state index contributed by atoms with van der Waals surface area (Å²) in [5.74, 6) is -0.308. The van der Waals surface area contributed by atoms with Gasteiger partial charge < -0.3 is 14.6 Å². The number of benzene rings is 1. The molecule has 1 N–H and O–H groups in total. The normalized spacial score (nSPS) is 10.8. The average molecular weight is 274 g/mol. The number of hydrogen-bond acceptors (Lipinski definition) is 4. The largest absolute Gasteiger partial charge is 0.422 e. The Kier molecular flexibility index (Phi) is 4.20. The van der Waals surface area contributed by atoms with Crippen LogP contribution in [0.5, 0.6) is 0 Å². The van der Waals surface area contributed by atoms with Crippen LogP contribution >= 0.6 is 0 Å². The quantitative estimate of drug-likeness (QED) is 0.856. The molecule has 0 atom stereocenters. The van der Waals surface area contributed by atoms with E-state index >= 15 is 0 Å². The summed E-state index contributed by atoms with van der Waals surface area (Å²) in [6, 6.07) is 7.22. The van der Waals surface area contributed by atoms with Crippen molar-refractivity contribution in [3.05, 3.63) is 45.8 Å². The number of carbonyl (C=O) groups is 1. The Labute approximate surface area is 117 Å². The molecular formula is C15H18N2O3. The molecule has 20 heavy (non-hydrogen) atoms. The summed E-state index contributed by atoms with van der Waals surface area (Å²) in [6.45, 7) is 2.97. The Morgan fingerprint density at radius 3 is 2.75 bits per heavy atom. The van der Waals surface area contributed by atoms with E-state index in [1.807, 2.05) is 19.2 Å². The van der Waals surface area contributed by atoms with Crippen LogP contribution in [0, 0.1) is 6.92 Å². The van der Waals surface area contributed by atoms with Crippen molar-refractivity contribution in [1.29, 1.82) is 0 Å². The summed E-state index contributed by atoms with van der Waals surface area (Å²) in [4.78, 5) is 25.9. The van der Waals surface area contributed by atoms with Gasteiger partial charge in [0, 0.05) is 25.5 Å². The van der Waals surface area contributed by atoms with Gasteiger partial charge in [-0.05, 0) is 25.6 Å². The minimum absolute atomic E-state index is 0.113. The molecule has 2 aromatic rings. The first-order valence-corrected chi connectivity index (χ1v) is 6.48. The Hall–Kier alpha value is -2.14. The molecule has 0 aliphatic rings. The van der Waals surface area contributed by atoms with E-state index < -0.39 is 5.63 Å². The molecule has 0 spiro atoms. The van der Waals surface area contributed by atoms with Gasteiger partial charge in [-0.15, -0.1) is 0 Å². The van der Waals surface area contributed by atoms with E-state index in [4.69, 9.17) is 4.42 Å². The smallest absolute Gasteiger partial charge is 0.349 e. The number of likely N-dealkylation sites (N-methyl/N-ethyl adjacent to an activating group) is 2. The summed E-state index contributed by atoms with van der Waals surface area (Å²) in [5, 5.41) is 3.76. The van der Waals surface area contributed by atoms with Crippen molar-refractivity contribution >= 4 is 16.9 Å². The molecule has 106 valence electrons. The number of aryl methyl sites for hydroxylation is 1. The molecule has 1 aromatic carbocycles. The van der Waals surface area contributed by atoms with Crippen LogP contribution < -0.4 is 10.9 Å². The number of nitrogens with zero attached hydrogens (tertiary/aromatic N) is 1. The number of rotatable bonds is 4. The highest BCUT2D eigenvalue weighted by molar-refractivity contribution is 5.99. The molecule has 0 aliphatic carbocycles. The molecular weight excluding hydrogens is 256 g/mol. The molecule has 0 bridgehead atoms. The van der Waals surface area contributed by atoms with Crippen molar-refractivity contribution in [3.63, 3.8) is 0 Å². The second-order valence-corrected chi connectivity index (χ2v) is 4.72. The molecule has 2 rings (SSSR count). The minimum atomic E-state index is -0.581. The molecule has 1 heterocycles. The van der Waals surface area contributed by atoms with Gasteiger partial charge in [0.15, 0.2) is 0 Å². The van der Waals surface area contributed by atoms with Crippen molar-refractivity contribution in [2.24, 2.45) is 0 Å². The summed E-state index contributed by atoms with van der Waals surface area (Å²) in [6.07, 6.45) is 0. The Bertz CT molecular complexity index is 691. The predicted octanol–water partition coefficient (Wildman–Crippen LogP) is 1.39. The zero-order valence-corrected chi connectivity index (χ0v) is 11.9. The lowest BCUT2D eigenvalue weighted by Crippen LogP contribution is -2.35. The molecule has 0 aliphatic heterocycles. The summed E-state index contributed by atoms with van der Waals surface area (Å²) in [5.41, 5.74) is 0.701. The van der Waals surface area contributed by atoms with Crippen LogP contribution in [0.2, 0.25) is 0 Å². The van der Waals surface area contributed by atoms with E-state index in [1.165, 1.54) is 4.90 Å². The summed E-state index contributed by atoms with van der Waals surface area (Å²) < 4.78 is 5.23. The van der Waals surface area contributed by atoms with Gasteiger partial charge in [-0.1, -0.05) is 18.2 Å². The first-order valence-electron chi connectivity index (χ1n) is 6.48. The predicted molar refractivity (Wildman–Crippen MR) is 78.1 cm³/mol. The van der Waals surface area contributed by atoms with Crippen molar-refractivity contribution < 1.29 is 9.21 Å². The van der Waals surface area contributed by atoms with Gasteiger partial charge in [0.2, 0.25) is 0 Å². The van der Waals surface area contributed by atoms with E-state index in [1.54, 1.807) is 26.1 Å². The number of hydrogen-bond donors (Lipinski definition) is 1. The number of amides is 1. The Morgan fingerprint density at radius 2 is 2.05 bits per heavy atom. The second-order valence-electron chi connectivity index (χ2n) is 4.72. The highest BCUT2D eigenvalue weighted by Crippen LogP contribution is 2.19. The van der Waals surface area contributed by atoms with Gasteiger partial charge in [-0.3, -0.25) is 4.79 Å². The zero-order valence-electron chi connectivity index (χ0n) is 11.9. The van der Waals surface area contributed by atoms with Gasteiger partial charge in [-0.25, -0.2) is 4.79 Å². The van der Waals surface area contributed by atoms with Crippen molar-refractivity contribution in [2.75, 3.05) is 27.2 Å². The number of fused-ring (bicyclic) bond motifs is 1. The van der Waals surface area contributed by atoms with Crippen LogP contribution in [0.3, 0.4) is 0 Å². The molecule has 0 saturated heterocycles. The first-order chi connectivity index (χ1) is 9.56. The third kappa shape index (κ3) is 2.58. The van der Waals surface area contributed by atoms with E-state index in [-0.39, 0.29) is 11.5 Å². The van der Waals surface area contributed by atoms with Crippen LogP contribution in [0.25, 0.3) is 11.0 Å². The highest BCUT2D eigenvalue weighted by atomic mass is 16.4. The van der Waals surface area contributed by atoms with E-state index in [2.05, 4.69) is 5.32 Å². The van der Waals surface area contributed by atoms with E-state index in [0.717, 1.165) is 5.39 Å². The Morgan fingerprint density at radius 1 is 1.35 bits per heavy atom. The molecule has 0 fully saturated rings. The van der Waals surface area contributed by atoms with Crippen molar-refractivity contribution in [2.45, 2.75) is 6.92 Å². The second kappa shape index (κ2) is 5.88. The van der Waals surface area contributed by atoms with Crippen LogP contribution in [0.4, 0.5) is 0 Å². The molecule has 0 radical (unpaired) electrons.